The Morgan fingerprint density at radius 3 is 2.00 bits per heavy atom. The summed E-state index contributed by atoms with van der Waals surface area (Å²) >= 11 is 0. The number of aliphatic hydroxyl groups excluding tert-OH is 1. The van der Waals surface area contributed by atoms with E-state index in [1.165, 1.54) is 0 Å². The summed E-state index contributed by atoms with van der Waals surface area (Å²) in [5.74, 6) is -1.46. The molecule has 9 heteroatoms. The number of nitrogens with one attached hydrogen (secondary N) is 3. The van der Waals surface area contributed by atoms with Gasteiger partial charge in [0, 0.05) is 12.1 Å². The third-order valence-electron chi connectivity index (χ3n) is 7.65. The Kier molecular flexibility index (Phi) is 13.5. The molecular weight excluding hydrogens is 568 g/mol. The second-order valence-electron chi connectivity index (χ2n) is 12.5. The van der Waals surface area contributed by atoms with Crippen LogP contribution in [-0.4, -0.2) is 51.8 Å². The van der Waals surface area contributed by atoms with E-state index in [-0.39, 0.29) is 30.7 Å². The largest absolute Gasteiger partial charge is 0.444 e. The fourth-order valence-electron chi connectivity index (χ4n) is 5.01. The van der Waals surface area contributed by atoms with Gasteiger partial charge in [0.05, 0.1) is 24.4 Å². The molecule has 5 atom stereocenters. The molecule has 242 valence electrons. The minimum absolute atomic E-state index is 0.0524. The van der Waals surface area contributed by atoms with E-state index in [1.54, 1.807) is 27.0 Å². The van der Waals surface area contributed by atoms with Crippen LogP contribution in [0.1, 0.15) is 64.3 Å². The minimum atomic E-state index is -1.09. The highest BCUT2D eigenvalue weighted by molar-refractivity contribution is 5.88. The van der Waals surface area contributed by atoms with Crippen LogP contribution in [0.5, 0.6) is 0 Å². The topological polar surface area (TPSA) is 130 Å². The van der Waals surface area contributed by atoms with E-state index >= 15 is 0 Å². The maximum absolute atomic E-state index is 14.0. The van der Waals surface area contributed by atoms with Crippen LogP contribution < -0.4 is 16.0 Å². The summed E-state index contributed by atoms with van der Waals surface area (Å²) in [6.07, 6.45) is 1.34. The first-order valence-corrected chi connectivity index (χ1v) is 15.7. The maximum Gasteiger partial charge on any atom is 0.407 e. The van der Waals surface area contributed by atoms with Gasteiger partial charge in [-0.05, 0) is 69.2 Å². The predicted octanol–water partition coefficient (Wildman–Crippen LogP) is 4.97. The van der Waals surface area contributed by atoms with Crippen molar-refractivity contribution in [3.05, 3.63) is 102 Å². The van der Waals surface area contributed by atoms with Gasteiger partial charge in [-0.25, -0.2) is 4.79 Å². The van der Waals surface area contributed by atoms with Crippen LogP contribution in [0.2, 0.25) is 0 Å². The number of nitrogens with zero attached hydrogens (tertiary/aromatic N) is 1. The van der Waals surface area contributed by atoms with Crippen molar-refractivity contribution < 1.29 is 24.2 Å². The van der Waals surface area contributed by atoms with Gasteiger partial charge in [-0.15, -0.1) is 0 Å². The zero-order chi connectivity index (χ0) is 32.8. The van der Waals surface area contributed by atoms with Crippen molar-refractivity contribution >= 4 is 17.9 Å². The maximum atomic E-state index is 14.0. The number of benzene rings is 2. The summed E-state index contributed by atoms with van der Waals surface area (Å²) in [6.45, 7) is 9.46. The van der Waals surface area contributed by atoms with Gasteiger partial charge >= 0.3 is 6.09 Å². The molecule has 0 fully saturated rings. The lowest BCUT2D eigenvalue weighted by Crippen LogP contribution is -2.53. The highest BCUT2D eigenvalue weighted by Crippen LogP contribution is 2.21. The van der Waals surface area contributed by atoms with Crippen molar-refractivity contribution in [2.45, 2.75) is 90.6 Å². The van der Waals surface area contributed by atoms with Crippen LogP contribution in [0.15, 0.2) is 85.1 Å². The predicted molar refractivity (Wildman–Crippen MR) is 175 cm³/mol. The molecule has 3 rings (SSSR count). The van der Waals surface area contributed by atoms with Gasteiger partial charge < -0.3 is 25.8 Å². The monoisotopic (exact) mass is 616 g/mol. The molecule has 45 heavy (non-hydrogen) atoms. The van der Waals surface area contributed by atoms with Crippen molar-refractivity contribution in [2.24, 2.45) is 11.8 Å². The normalized spacial score (nSPS) is 14.7. The van der Waals surface area contributed by atoms with Crippen LogP contribution in [0.4, 0.5) is 4.79 Å². The number of hydrogen-bond acceptors (Lipinski definition) is 6. The molecule has 0 aliphatic carbocycles. The van der Waals surface area contributed by atoms with E-state index < -0.39 is 35.8 Å². The van der Waals surface area contributed by atoms with Gasteiger partial charge in [0.25, 0.3) is 0 Å². The lowest BCUT2D eigenvalue weighted by Gasteiger charge is -2.30. The number of carbonyl (C=O) groups excluding carboxylic acids is 3. The molecule has 4 N–H and O–H groups in total. The van der Waals surface area contributed by atoms with Crippen molar-refractivity contribution in [1.82, 2.24) is 20.9 Å². The van der Waals surface area contributed by atoms with Crippen molar-refractivity contribution in [3.63, 3.8) is 0 Å². The lowest BCUT2D eigenvalue weighted by atomic mass is 9.88. The van der Waals surface area contributed by atoms with Gasteiger partial charge in [-0.2, -0.15) is 0 Å². The smallest absolute Gasteiger partial charge is 0.407 e. The number of hydrogen-bond donors (Lipinski definition) is 4. The third-order valence-corrected chi connectivity index (χ3v) is 7.65. The first-order valence-electron chi connectivity index (χ1n) is 15.7. The molecule has 0 radical (unpaired) electrons. The molecule has 1 heterocycles. The van der Waals surface area contributed by atoms with E-state index in [0.717, 1.165) is 11.1 Å². The zero-order valence-electron chi connectivity index (χ0n) is 27.0. The van der Waals surface area contributed by atoms with Gasteiger partial charge in [0.1, 0.15) is 11.6 Å². The summed E-state index contributed by atoms with van der Waals surface area (Å²) in [6, 6.07) is 23.1. The van der Waals surface area contributed by atoms with E-state index in [1.807, 2.05) is 92.7 Å². The summed E-state index contributed by atoms with van der Waals surface area (Å²) in [5.41, 5.74) is 1.84. The van der Waals surface area contributed by atoms with Gasteiger partial charge in [0.15, 0.2) is 0 Å². The molecule has 0 aliphatic rings. The molecule has 0 aliphatic heterocycles. The fourth-order valence-corrected chi connectivity index (χ4v) is 5.01. The van der Waals surface area contributed by atoms with Crippen LogP contribution >= 0.6 is 0 Å². The van der Waals surface area contributed by atoms with Crippen LogP contribution in [-0.2, 0) is 33.7 Å². The van der Waals surface area contributed by atoms with Gasteiger partial charge in [-0.3, -0.25) is 14.6 Å². The van der Waals surface area contributed by atoms with Crippen molar-refractivity contribution in [2.75, 3.05) is 0 Å². The van der Waals surface area contributed by atoms with Crippen LogP contribution in [0.3, 0.4) is 0 Å². The summed E-state index contributed by atoms with van der Waals surface area (Å²) in [7, 11) is 0. The molecule has 0 spiro atoms. The molecule has 3 amide bonds. The average molecular weight is 617 g/mol. The highest BCUT2D eigenvalue weighted by Gasteiger charge is 2.33. The SMILES string of the molecule is CCC(C)[C@H](NC(=O)[C@H](Cc1ccccc1)C[C@H](O)[C@H](Cc1ccccc1)NC(=O)OC(C)(C)C)C(=O)NCc1ccccn1. The number of amides is 3. The van der Waals surface area contributed by atoms with E-state index in [9.17, 15) is 19.5 Å². The Balaban J connectivity index is 1.82. The number of aliphatic hydroxyl groups is 1. The molecule has 3 aromatic rings. The number of carbonyl (C=O) groups is 3. The minimum Gasteiger partial charge on any atom is -0.444 e. The van der Waals surface area contributed by atoms with Crippen molar-refractivity contribution in [3.8, 4) is 0 Å². The second-order valence-corrected chi connectivity index (χ2v) is 12.5. The van der Waals surface area contributed by atoms with Gasteiger partial charge in [-0.1, -0.05) is 87.0 Å². The number of pyridine rings is 1. The Morgan fingerprint density at radius 2 is 1.44 bits per heavy atom. The molecule has 1 unspecified atom stereocenters. The molecule has 2 aromatic carbocycles. The molecule has 1 aromatic heterocycles. The Bertz CT molecular complexity index is 1330. The van der Waals surface area contributed by atoms with E-state index in [4.69, 9.17) is 4.74 Å². The molecule has 0 bridgehead atoms. The van der Waals surface area contributed by atoms with Crippen LogP contribution in [0, 0.1) is 11.8 Å². The molecule has 0 saturated heterocycles. The van der Waals surface area contributed by atoms with E-state index in [2.05, 4.69) is 20.9 Å². The third kappa shape index (κ3) is 12.3. The molecule has 0 saturated carbocycles. The molecule has 9 nitrogen and oxygen atoms in total. The first-order chi connectivity index (χ1) is 21.4. The zero-order valence-corrected chi connectivity index (χ0v) is 27.0. The summed E-state index contributed by atoms with van der Waals surface area (Å²) in [5, 5.41) is 20.3. The standard InChI is InChI=1S/C36H48N4O5/c1-6-25(2)32(34(43)38-24-29-19-13-14-20-37-29)40-33(42)28(21-26-15-9-7-10-16-26)23-31(41)30(22-27-17-11-8-12-18-27)39-35(44)45-36(3,4)5/h7-20,25,28,30-32,41H,6,21-24H2,1-5H3,(H,38,43)(H,39,44)(H,40,42)/t25?,28-,30+,31+,32+/m1/s1. The highest BCUT2D eigenvalue weighted by atomic mass is 16.6. The molecular formula is C36H48N4O5. The van der Waals surface area contributed by atoms with Crippen molar-refractivity contribution in [1.29, 1.82) is 0 Å². The number of ether oxygens (including phenoxy) is 1. The Labute approximate surface area is 267 Å². The number of aromatic nitrogens is 1. The second kappa shape index (κ2) is 17.3. The number of rotatable bonds is 15. The number of alkyl carbamates (subject to hydrolysis) is 1. The quantitative estimate of drug-likeness (QED) is 0.191. The Hall–Kier alpha value is -4.24. The Morgan fingerprint density at radius 1 is 0.844 bits per heavy atom. The fraction of sp³-hybridized carbons (Fsp3) is 0.444. The van der Waals surface area contributed by atoms with Crippen LogP contribution in [0.25, 0.3) is 0 Å². The summed E-state index contributed by atoms with van der Waals surface area (Å²) in [4.78, 5) is 44.4. The first kappa shape index (κ1) is 35.2. The lowest BCUT2D eigenvalue weighted by molar-refractivity contribution is -0.133. The van der Waals surface area contributed by atoms with Gasteiger partial charge in [0.2, 0.25) is 11.8 Å². The average Bonchev–Trinajstić information content (AvgIpc) is 3.02. The van der Waals surface area contributed by atoms with E-state index in [0.29, 0.717) is 25.0 Å². The summed E-state index contributed by atoms with van der Waals surface area (Å²) < 4.78 is 5.49.